The quantitative estimate of drug-likeness (QED) is 0.785. The summed E-state index contributed by atoms with van der Waals surface area (Å²) in [6.07, 6.45) is 0.643. The molecule has 2 heteroatoms. The summed E-state index contributed by atoms with van der Waals surface area (Å²) < 4.78 is 0. The number of nitrogens with one attached hydrogen (secondary N) is 1. The fourth-order valence-electron chi connectivity index (χ4n) is 2.23. The van der Waals surface area contributed by atoms with E-state index in [1.807, 2.05) is 0 Å². The highest BCUT2D eigenvalue weighted by Crippen LogP contribution is 2.29. The van der Waals surface area contributed by atoms with Gasteiger partial charge in [0, 0.05) is 18.9 Å². The van der Waals surface area contributed by atoms with Crippen LogP contribution in [0.4, 0.5) is 0 Å². The van der Waals surface area contributed by atoms with Gasteiger partial charge in [0.15, 0.2) is 0 Å². The summed E-state index contributed by atoms with van der Waals surface area (Å²) in [6.45, 7) is 5.19. The van der Waals surface area contributed by atoms with Crippen LogP contribution < -0.4 is 5.32 Å². The predicted octanol–water partition coefficient (Wildman–Crippen LogP) is 2.41. The zero-order valence-corrected chi connectivity index (χ0v) is 9.29. The molecule has 2 rings (SSSR count). The van der Waals surface area contributed by atoms with Crippen molar-refractivity contribution in [3.8, 4) is 0 Å². The van der Waals surface area contributed by atoms with Crippen LogP contribution in [0.15, 0.2) is 24.3 Å². The van der Waals surface area contributed by atoms with Crippen molar-refractivity contribution in [3.63, 3.8) is 0 Å². The Morgan fingerprint density at radius 1 is 1.33 bits per heavy atom. The van der Waals surface area contributed by atoms with E-state index in [1.165, 1.54) is 11.1 Å². The van der Waals surface area contributed by atoms with Gasteiger partial charge in [0.05, 0.1) is 0 Å². The molecule has 1 aliphatic heterocycles. The van der Waals surface area contributed by atoms with Crippen LogP contribution in [0.25, 0.3) is 0 Å². The van der Waals surface area contributed by atoms with E-state index in [2.05, 4.69) is 43.4 Å². The highest BCUT2D eigenvalue weighted by Gasteiger charge is 2.25. The number of amides is 1. The minimum absolute atomic E-state index is 0.179. The highest BCUT2D eigenvalue weighted by molar-refractivity contribution is 5.79. The van der Waals surface area contributed by atoms with Crippen LogP contribution in [0.5, 0.6) is 0 Å². The van der Waals surface area contributed by atoms with Gasteiger partial charge < -0.3 is 5.32 Å². The molecule has 0 aromatic heterocycles. The second-order valence-corrected chi connectivity index (χ2v) is 4.49. The van der Waals surface area contributed by atoms with Gasteiger partial charge in [-0.1, -0.05) is 38.1 Å². The van der Waals surface area contributed by atoms with Gasteiger partial charge in [0.25, 0.3) is 0 Å². The topological polar surface area (TPSA) is 29.1 Å². The number of benzene rings is 1. The standard InChI is InChI=1S/C13H17NO/c1-9(2)11-5-3-4-6-12(11)10-7-13(15)14-8-10/h3-6,9-10H,7-8H2,1-2H3,(H,14,15). The molecule has 2 nitrogen and oxygen atoms in total. The SMILES string of the molecule is CC(C)c1ccccc1C1CNC(=O)C1. The molecule has 1 atom stereocenters. The zero-order chi connectivity index (χ0) is 10.8. The van der Waals surface area contributed by atoms with Crippen LogP contribution in [-0.2, 0) is 4.79 Å². The number of hydrogen-bond acceptors (Lipinski definition) is 1. The van der Waals surface area contributed by atoms with Crippen LogP contribution in [0, 0.1) is 0 Å². The average Bonchev–Trinajstić information content (AvgIpc) is 2.65. The Morgan fingerprint density at radius 2 is 2.07 bits per heavy atom. The average molecular weight is 203 g/mol. The molecule has 1 N–H and O–H groups in total. The Bertz CT molecular complexity index is 371. The maximum atomic E-state index is 11.2. The maximum Gasteiger partial charge on any atom is 0.220 e. The molecule has 15 heavy (non-hydrogen) atoms. The van der Waals surface area contributed by atoms with Crippen molar-refractivity contribution < 1.29 is 4.79 Å². The number of rotatable bonds is 2. The van der Waals surface area contributed by atoms with Gasteiger partial charge in [-0.05, 0) is 17.0 Å². The van der Waals surface area contributed by atoms with Crippen LogP contribution >= 0.6 is 0 Å². The van der Waals surface area contributed by atoms with E-state index in [0.717, 1.165) is 6.54 Å². The Kier molecular flexibility index (Phi) is 2.76. The molecule has 0 bridgehead atoms. The lowest BCUT2D eigenvalue weighted by molar-refractivity contribution is -0.119. The van der Waals surface area contributed by atoms with Gasteiger partial charge in [-0.15, -0.1) is 0 Å². The molecule has 1 aromatic rings. The van der Waals surface area contributed by atoms with E-state index in [-0.39, 0.29) is 5.91 Å². The first kappa shape index (κ1) is 10.2. The Hall–Kier alpha value is -1.31. The lowest BCUT2D eigenvalue weighted by atomic mass is 9.88. The molecule has 1 saturated heterocycles. The zero-order valence-electron chi connectivity index (χ0n) is 9.29. The van der Waals surface area contributed by atoms with Crippen molar-refractivity contribution in [1.82, 2.24) is 5.32 Å². The van der Waals surface area contributed by atoms with Crippen molar-refractivity contribution in [2.24, 2.45) is 0 Å². The van der Waals surface area contributed by atoms with E-state index in [4.69, 9.17) is 0 Å². The van der Waals surface area contributed by atoms with E-state index >= 15 is 0 Å². The highest BCUT2D eigenvalue weighted by atomic mass is 16.1. The molecule has 0 aliphatic carbocycles. The van der Waals surface area contributed by atoms with Gasteiger partial charge in [-0.3, -0.25) is 4.79 Å². The lowest BCUT2D eigenvalue weighted by Crippen LogP contribution is -2.13. The third-order valence-electron chi connectivity index (χ3n) is 3.04. The van der Waals surface area contributed by atoms with Crippen molar-refractivity contribution in [2.45, 2.75) is 32.1 Å². The molecule has 0 saturated carbocycles. The molecule has 1 amide bonds. The first-order valence-electron chi connectivity index (χ1n) is 5.54. The third-order valence-corrected chi connectivity index (χ3v) is 3.04. The van der Waals surface area contributed by atoms with Crippen LogP contribution in [-0.4, -0.2) is 12.5 Å². The van der Waals surface area contributed by atoms with Gasteiger partial charge >= 0.3 is 0 Å². The maximum absolute atomic E-state index is 11.2. The molecule has 0 radical (unpaired) electrons. The van der Waals surface area contributed by atoms with E-state index < -0.39 is 0 Å². The van der Waals surface area contributed by atoms with E-state index in [1.54, 1.807) is 0 Å². The second kappa shape index (κ2) is 4.05. The number of hydrogen-bond donors (Lipinski definition) is 1. The molecular weight excluding hydrogens is 186 g/mol. The number of carbonyl (C=O) groups excluding carboxylic acids is 1. The van der Waals surface area contributed by atoms with E-state index in [9.17, 15) is 4.79 Å². The van der Waals surface area contributed by atoms with Crippen molar-refractivity contribution in [2.75, 3.05) is 6.54 Å². The third kappa shape index (κ3) is 2.04. The first-order chi connectivity index (χ1) is 7.18. The molecule has 1 aromatic carbocycles. The van der Waals surface area contributed by atoms with Crippen molar-refractivity contribution in [3.05, 3.63) is 35.4 Å². The Balaban J connectivity index is 2.31. The minimum atomic E-state index is 0.179. The van der Waals surface area contributed by atoms with Crippen LogP contribution in [0.2, 0.25) is 0 Å². The summed E-state index contributed by atoms with van der Waals surface area (Å²) in [5.74, 6) is 1.08. The van der Waals surface area contributed by atoms with Gasteiger partial charge in [0.2, 0.25) is 5.91 Å². The molecule has 1 unspecified atom stereocenters. The summed E-state index contributed by atoms with van der Waals surface area (Å²) in [5.41, 5.74) is 2.71. The first-order valence-corrected chi connectivity index (χ1v) is 5.54. The molecule has 1 aliphatic rings. The summed E-state index contributed by atoms with van der Waals surface area (Å²) >= 11 is 0. The molecule has 0 spiro atoms. The van der Waals surface area contributed by atoms with Crippen molar-refractivity contribution >= 4 is 5.91 Å². The molecular formula is C13H17NO. The smallest absolute Gasteiger partial charge is 0.220 e. The largest absolute Gasteiger partial charge is 0.355 e. The summed E-state index contributed by atoms with van der Waals surface area (Å²) in [6, 6.07) is 8.45. The Morgan fingerprint density at radius 3 is 2.67 bits per heavy atom. The van der Waals surface area contributed by atoms with Crippen LogP contribution in [0.3, 0.4) is 0 Å². The second-order valence-electron chi connectivity index (χ2n) is 4.49. The summed E-state index contributed by atoms with van der Waals surface area (Å²) in [5, 5.41) is 2.90. The fourth-order valence-corrected chi connectivity index (χ4v) is 2.23. The summed E-state index contributed by atoms with van der Waals surface area (Å²) in [4.78, 5) is 11.2. The predicted molar refractivity (Wildman–Crippen MR) is 60.9 cm³/mol. The number of carbonyl (C=O) groups is 1. The minimum Gasteiger partial charge on any atom is -0.355 e. The Labute approximate surface area is 90.7 Å². The van der Waals surface area contributed by atoms with Gasteiger partial charge in [0.1, 0.15) is 0 Å². The fraction of sp³-hybridized carbons (Fsp3) is 0.462. The van der Waals surface area contributed by atoms with E-state index in [0.29, 0.717) is 18.3 Å². The summed E-state index contributed by atoms with van der Waals surface area (Å²) in [7, 11) is 0. The van der Waals surface area contributed by atoms with Gasteiger partial charge in [-0.25, -0.2) is 0 Å². The normalized spacial score (nSPS) is 20.7. The van der Waals surface area contributed by atoms with Crippen molar-refractivity contribution in [1.29, 1.82) is 0 Å². The molecule has 1 heterocycles. The lowest BCUT2D eigenvalue weighted by Gasteiger charge is -2.16. The molecule has 1 fully saturated rings. The van der Waals surface area contributed by atoms with Gasteiger partial charge in [-0.2, -0.15) is 0 Å². The van der Waals surface area contributed by atoms with Crippen LogP contribution in [0.1, 0.15) is 43.2 Å². The molecule has 80 valence electrons. The monoisotopic (exact) mass is 203 g/mol.